The first kappa shape index (κ1) is 15.3. The molecule has 2 aromatic heterocycles. The van der Waals surface area contributed by atoms with Crippen LogP contribution in [0.25, 0.3) is 5.78 Å². The standard InChI is InChI=1S/C17H27N5/c1-5-17(3,4)13-6-8-14(9-7-13)21-15-10-12(2)20-16-18-11-19-22(15)16/h10-11,13-14,21H,5-9H2,1-4H3. The Balaban J connectivity index is 1.69. The minimum absolute atomic E-state index is 0.470. The lowest BCUT2D eigenvalue weighted by atomic mass is 9.69. The van der Waals surface area contributed by atoms with Gasteiger partial charge in [0.2, 0.25) is 0 Å². The summed E-state index contributed by atoms with van der Waals surface area (Å²) in [6.45, 7) is 9.14. The van der Waals surface area contributed by atoms with Gasteiger partial charge in [0.15, 0.2) is 0 Å². The molecule has 1 aliphatic carbocycles. The molecule has 3 rings (SSSR count). The van der Waals surface area contributed by atoms with Crippen LogP contribution in [0.15, 0.2) is 12.4 Å². The Labute approximate surface area is 132 Å². The summed E-state index contributed by atoms with van der Waals surface area (Å²) in [5.41, 5.74) is 1.45. The summed E-state index contributed by atoms with van der Waals surface area (Å²) in [7, 11) is 0. The van der Waals surface area contributed by atoms with Gasteiger partial charge in [-0.05, 0) is 43.9 Å². The predicted octanol–water partition coefficient (Wildman–Crippen LogP) is 3.84. The summed E-state index contributed by atoms with van der Waals surface area (Å²) in [6.07, 6.45) is 7.90. The SMILES string of the molecule is CCC(C)(C)C1CCC(Nc2cc(C)nc3ncnn23)CC1. The third kappa shape index (κ3) is 2.94. The molecule has 0 aromatic carbocycles. The van der Waals surface area contributed by atoms with Crippen LogP contribution in [0.2, 0.25) is 0 Å². The molecule has 5 nitrogen and oxygen atoms in total. The molecule has 0 atom stereocenters. The average molecular weight is 301 g/mol. The number of aromatic nitrogens is 4. The van der Waals surface area contributed by atoms with E-state index >= 15 is 0 Å². The maximum Gasteiger partial charge on any atom is 0.254 e. The van der Waals surface area contributed by atoms with Crippen molar-refractivity contribution in [3.8, 4) is 0 Å². The van der Waals surface area contributed by atoms with Gasteiger partial charge < -0.3 is 5.32 Å². The normalized spacial score (nSPS) is 22.9. The van der Waals surface area contributed by atoms with E-state index in [0.717, 1.165) is 17.4 Å². The average Bonchev–Trinajstić information content (AvgIpc) is 2.96. The van der Waals surface area contributed by atoms with Crippen molar-refractivity contribution in [2.75, 3.05) is 5.32 Å². The molecule has 120 valence electrons. The lowest BCUT2D eigenvalue weighted by Gasteiger charge is -2.39. The number of anilines is 1. The van der Waals surface area contributed by atoms with Crippen LogP contribution in [0.1, 0.15) is 58.6 Å². The fraction of sp³-hybridized carbons (Fsp3) is 0.706. The minimum atomic E-state index is 0.470. The topological polar surface area (TPSA) is 55.1 Å². The zero-order valence-corrected chi connectivity index (χ0v) is 14.1. The first-order chi connectivity index (χ1) is 10.5. The van der Waals surface area contributed by atoms with E-state index in [4.69, 9.17) is 0 Å². The van der Waals surface area contributed by atoms with E-state index in [2.05, 4.69) is 47.2 Å². The van der Waals surface area contributed by atoms with E-state index in [-0.39, 0.29) is 0 Å². The fourth-order valence-electron chi connectivity index (χ4n) is 3.55. The second-order valence-corrected chi connectivity index (χ2v) is 7.29. The van der Waals surface area contributed by atoms with Gasteiger partial charge in [-0.2, -0.15) is 14.6 Å². The molecule has 1 fully saturated rings. The highest BCUT2D eigenvalue weighted by molar-refractivity contribution is 5.45. The quantitative estimate of drug-likeness (QED) is 0.932. The summed E-state index contributed by atoms with van der Waals surface area (Å²) in [6, 6.07) is 2.59. The highest BCUT2D eigenvalue weighted by atomic mass is 15.4. The van der Waals surface area contributed by atoms with Crippen molar-refractivity contribution in [1.29, 1.82) is 0 Å². The molecular weight excluding hydrogens is 274 g/mol. The fourth-order valence-corrected chi connectivity index (χ4v) is 3.55. The van der Waals surface area contributed by atoms with E-state index in [9.17, 15) is 0 Å². The maximum absolute atomic E-state index is 4.39. The van der Waals surface area contributed by atoms with Gasteiger partial charge in [-0.25, -0.2) is 4.98 Å². The number of rotatable bonds is 4. The van der Waals surface area contributed by atoms with E-state index in [1.54, 1.807) is 10.8 Å². The molecule has 1 N–H and O–H groups in total. The van der Waals surface area contributed by atoms with Gasteiger partial charge in [-0.15, -0.1) is 0 Å². The Bertz CT molecular complexity index is 638. The smallest absolute Gasteiger partial charge is 0.254 e. The number of nitrogens with one attached hydrogen (secondary N) is 1. The van der Waals surface area contributed by atoms with Crippen LogP contribution in [0, 0.1) is 18.3 Å². The van der Waals surface area contributed by atoms with Crippen LogP contribution in [0.5, 0.6) is 0 Å². The van der Waals surface area contributed by atoms with Crippen molar-refractivity contribution >= 4 is 11.6 Å². The van der Waals surface area contributed by atoms with Crippen molar-refractivity contribution in [3.63, 3.8) is 0 Å². The second kappa shape index (κ2) is 5.86. The molecule has 1 saturated carbocycles. The number of hydrogen-bond donors (Lipinski definition) is 1. The zero-order chi connectivity index (χ0) is 15.7. The van der Waals surface area contributed by atoms with Crippen LogP contribution in [0.4, 0.5) is 5.82 Å². The molecule has 1 aliphatic rings. The summed E-state index contributed by atoms with van der Waals surface area (Å²) in [4.78, 5) is 8.58. The van der Waals surface area contributed by atoms with E-state index in [1.165, 1.54) is 32.1 Å². The first-order valence-electron chi connectivity index (χ1n) is 8.43. The second-order valence-electron chi connectivity index (χ2n) is 7.29. The summed E-state index contributed by atoms with van der Waals surface area (Å²) in [5.74, 6) is 2.53. The van der Waals surface area contributed by atoms with Crippen molar-refractivity contribution in [2.45, 2.75) is 65.8 Å². The van der Waals surface area contributed by atoms with Crippen LogP contribution in [-0.4, -0.2) is 25.6 Å². The van der Waals surface area contributed by atoms with E-state index in [1.807, 2.05) is 6.92 Å². The van der Waals surface area contributed by atoms with Crippen LogP contribution in [-0.2, 0) is 0 Å². The lowest BCUT2D eigenvalue weighted by molar-refractivity contribution is 0.147. The first-order valence-corrected chi connectivity index (χ1v) is 8.43. The molecule has 2 aromatic rings. The maximum atomic E-state index is 4.39. The molecular formula is C17H27N5. The Hall–Kier alpha value is -1.65. The molecule has 0 aliphatic heterocycles. The molecule has 0 unspecified atom stereocenters. The van der Waals surface area contributed by atoms with Gasteiger partial charge in [-0.3, -0.25) is 0 Å². The Morgan fingerprint density at radius 3 is 2.68 bits per heavy atom. The van der Waals surface area contributed by atoms with Crippen LogP contribution >= 0.6 is 0 Å². The number of nitrogens with zero attached hydrogens (tertiary/aromatic N) is 4. The molecule has 0 saturated heterocycles. The Kier molecular flexibility index (Phi) is 4.06. The van der Waals surface area contributed by atoms with Gasteiger partial charge >= 0.3 is 0 Å². The lowest BCUT2D eigenvalue weighted by Crippen LogP contribution is -2.33. The number of aryl methyl sites for hydroxylation is 1. The highest BCUT2D eigenvalue weighted by Crippen LogP contribution is 2.40. The Morgan fingerprint density at radius 2 is 2.00 bits per heavy atom. The molecule has 22 heavy (non-hydrogen) atoms. The molecule has 0 bridgehead atoms. The van der Waals surface area contributed by atoms with Gasteiger partial charge in [0.1, 0.15) is 12.1 Å². The summed E-state index contributed by atoms with van der Waals surface area (Å²) < 4.78 is 1.80. The monoisotopic (exact) mass is 301 g/mol. The molecule has 0 amide bonds. The van der Waals surface area contributed by atoms with Crippen molar-refractivity contribution in [3.05, 3.63) is 18.1 Å². The third-order valence-corrected chi connectivity index (χ3v) is 5.48. The number of hydrogen-bond acceptors (Lipinski definition) is 4. The van der Waals surface area contributed by atoms with Crippen molar-refractivity contribution in [2.24, 2.45) is 11.3 Å². The Morgan fingerprint density at radius 1 is 1.27 bits per heavy atom. The van der Waals surface area contributed by atoms with Gasteiger partial charge in [0.05, 0.1) is 0 Å². The number of fused-ring (bicyclic) bond motifs is 1. The van der Waals surface area contributed by atoms with Gasteiger partial charge in [0.25, 0.3) is 5.78 Å². The molecule has 2 heterocycles. The predicted molar refractivity (Wildman–Crippen MR) is 89.0 cm³/mol. The highest BCUT2D eigenvalue weighted by Gasteiger charge is 2.31. The van der Waals surface area contributed by atoms with Crippen molar-refractivity contribution < 1.29 is 0 Å². The van der Waals surface area contributed by atoms with Gasteiger partial charge in [0, 0.05) is 17.8 Å². The zero-order valence-electron chi connectivity index (χ0n) is 14.1. The van der Waals surface area contributed by atoms with Gasteiger partial charge in [-0.1, -0.05) is 27.2 Å². The summed E-state index contributed by atoms with van der Waals surface area (Å²) >= 11 is 0. The molecule has 0 radical (unpaired) electrons. The van der Waals surface area contributed by atoms with Crippen LogP contribution in [0.3, 0.4) is 0 Å². The van der Waals surface area contributed by atoms with E-state index in [0.29, 0.717) is 17.2 Å². The van der Waals surface area contributed by atoms with Crippen LogP contribution < -0.4 is 5.32 Å². The van der Waals surface area contributed by atoms with E-state index < -0.39 is 0 Å². The largest absolute Gasteiger partial charge is 0.367 e. The van der Waals surface area contributed by atoms with Crippen molar-refractivity contribution in [1.82, 2.24) is 19.6 Å². The minimum Gasteiger partial charge on any atom is -0.367 e. The molecule has 0 spiro atoms. The summed E-state index contributed by atoms with van der Waals surface area (Å²) in [5, 5.41) is 7.93. The molecule has 5 heteroatoms. The third-order valence-electron chi connectivity index (χ3n) is 5.48.